The predicted octanol–water partition coefficient (Wildman–Crippen LogP) is 3.79. The Labute approximate surface area is 176 Å². The molecule has 0 radical (unpaired) electrons. The zero-order chi connectivity index (χ0) is 20.4. The molecule has 2 aromatic heterocycles. The number of rotatable bonds is 6. The van der Waals surface area contributed by atoms with Crippen LogP contribution in [-0.2, 0) is 16.1 Å². The van der Waals surface area contributed by atoms with E-state index < -0.39 is 5.54 Å². The maximum absolute atomic E-state index is 13.5. The van der Waals surface area contributed by atoms with Gasteiger partial charge in [0.25, 0.3) is 5.91 Å². The second kappa shape index (κ2) is 8.48. The quantitative estimate of drug-likeness (QED) is 0.574. The van der Waals surface area contributed by atoms with Crippen LogP contribution in [0.5, 0.6) is 0 Å². The highest BCUT2D eigenvalue weighted by atomic mass is 32.1. The van der Waals surface area contributed by atoms with E-state index in [1.807, 2.05) is 29.0 Å². The molecule has 0 bridgehead atoms. The van der Waals surface area contributed by atoms with Gasteiger partial charge in [-0.05, 0) is 43.7 Å². The minimum Gasteiger partial charge on any atom is -0.385 e. The predicted molar refractivity (Wildman–Crippen MR) is 115 cm³/mol. The van der Waals surface area contributed by atoms with Crippen molar-refractivity contribution in [2.75, 3.05) is 20.3 Å². The molecule has 0 saturated heterocycles. The smallest absolute Gasteiger partial charge is 0.271 e. The van der Waals surface area contributed by atoms with Crippen molar-refractivity contribution in [3.05, 3.63) is 23.2 Å². The van der Waals surface area contributed by atoms with E-state index in [0.29, 0.717) is 31.8 Å². The molecule has 7 heteroatoms. The molecule has 158 valence electrons. The van der Waals surface area contributed by atoms with Crippen molar-refractivity contribution in [3.63, 3.8) is 0 Å². The van der Waals surface area contributed by atoms with Gasteiger partial charge in [-0.1, -0.05) is 25.7 Å². The lowest BCUT2D eigenvalue weighted by atomic mass is 9.93. The Kier molecular flexibility index (Phi) is 5.97. The van der Waals surface area contributed by atoms with Crippen LogP contribution in [0.4, 0.5) is 0 Å². The number of amides is 2. The first-order valence-corrected chi connectivity index (χ1v) is 11.6. The highest BCUT2D eigenvalue weighted by Gasteiger charge is 2.47. The fraction of sp³-hybridized carbons (Fsp3) is 0.636. The van der Waals surface area contributed by atoms with E-state index in [0.717, 1.165) is 35.9 Å². The number of ether oxygens (including phenoxy) is 1. The van der Waals surface area contributed by atoms with Crippen molar-refractivity contribution in [1.82, 2.24) is 14.8 Å². The lowest BCUT2D eigenvalue weighted by Gasteiger charge is -2.44. The summed E-state index contributed by atoms with van der Waals surface area (Å²) in [5.74, 6) is -0.0906. The van der Waals surface area contributed by atoms with Crippen LogP contribution in [-0.4, -0.2) is 53.1 Å². The van der Waals surface area contributed by atoms with Crippen LogP contribution < -0.4 is 5.32 Å². The van der Waals surface area contributed by atoms with Gasteiger partial charge >= 0.3 is 0 Å². The summed E-state index contributed by atoms with van der Waals surface area (Å²) in [5, 5.41) is 5.34. The second-order valence-corrected chi connectivity index (χ2v) is 9.47. The fourth-order valence-corrected chi connectivity index (χ4v) is 5.58. The number of aromatic nitrogens is 1. The van der Waals surface area contributed by atoms with Gasteiger partial charge in [-0.2, -0.15) is 0 Å². The molecule has 4 rings (SSSR count). The van der Waals surface area contributed by atoms with Crippen molar-refractivity contribution in [2.45, 2.75) is 70.0 Å². The third kappa shape index (κ3) is 3.82. The summed E-state index contributed by atoms with van der Waals surface area (Å²) in [6.07, 6.45) is 7.59. The largest absolute Gasteiger partial charge is 0.385 e. The van der Waals surface area contributed by atoms with Gasteiger partial charge in [0.05, 0.1) is 16.8 Å². The van der Waals surface area contributed by atoms with Crippen molar-refractivity contribution in [3.8, 4) is 0 Å². The molecule has 2 amide bonds. The highest BCUT2D eigenvalue weighted by molar-refractivity contribution is 7.17. The molecule has 1 aliphatic carbocycles. The van der Waals surface area contributed by atoms with Gasteiger partial charge in [0.15, 0.2) is 0 Å². The Hall–Kier alpha value is -1.86. The van der Waals surface area contributed by atoms with E-state index in [1.54, 1.807) is 23.3 Å². The van der Waals surface area contributed by atoms with E-state index >= 15 is 0 Å². The van der Waals surface area contributed by atoms with E-state index in [4.69, 9.17) is 4.74 Å². The Bertz CT molecular complexity index is 881. The van der Waals surface area contributed by atoms with Crippen molar-refractivity contribution < 1.29 is 14.3 Å². The van der Waals surface area contributed by atoms with Crippen LogP contribution >= 0.6 is 11.3 Å². The van der Waals surface area contributed by atoms with E-state index in [9.17, 15) is 9.59 Å². The monoisotopic (exact) mass is 417 g/mol. The Morgan fingerprint density at radius 3 is 2.79 bits per heavy atom. The summed E-state index contributed by atoms with van der Waals surface area (Å²) in [4.78, 5) is 28.8. The average molecular weight is 418 g/mol. The zero-order valence-corrected chi connectivity index (χ0v) is 18.2. The second-order valence-electron chi connectivity index (χ2n) is 8.52. The third-order valence-electron chi connectivity index (χ3n) is 6.46. The number of hydrogen-bond donors (Lipinski definition) is 1. The first-order valence-electron chi connectivity index (χ1n) is 10.7. The van der Waals surface area contributed by atoms with Gasteiger partial charge in [-0.25, -0.2) is 0 Å². The highest BCUT2D eigenvalue weighted by Crippen LogP contribution is 2.34. The summed E-state index contributed by atoms with van der Waals surface area (Å²) < 4.78 is 8.33. The normalized spacial score (nSPS) is 23.2. The van der Waals surface area contributed by atoms with Crippen LogP contribution in [0.15, 0.2) is 17.5 Å². The topological polar surface area (TPSA) is 63.6 Å². The minimum atomic E-state index is -0.905. The van der Waals surface area contributed by atoms with Crippen LogP contribution in [0.3, 0.4) is 0 Å². The lowest BCUT2D eigenvalue weighted by Crippen LogP contribution is -2.65. The number of carbonyl (C=O) groups excluding carboxylic acids is 2. The van der Waals surface area contributed by atoms with Gasteiger partial charge in [0, 0.05) is 26.3 Å². The summed E-state index contributed by atoms with van der Waals surface area (Å²) in [7, 11) is 1.66. The third-order valence-corrected chi connectivity index (χ3v) is 7.31. The number of fused-ring (bicyclic) bond motifs is 3. The molecule has 1 saturated carbocycles. The molecule has 1 unspecified atom stereocenters. The van der Waals surface area contributed by atoms with Crippen LogP contribution in [0.2, 0.25) is 0 Å². The molecule has 2 aliphatic rings. The molecule has 0 spiro atoms. The first-order chi connectivity index (χ1) is 14.0. The maximum Gasteiger partial charge on any atom is 0.271 e. The van der Waals surface area contributed by atoms with E-state index in [-0.39, 0.29) is 17.9 Å². The molecule has 1 N–H and O–H groups in total. The summed E-state index contributed by atoms with van der Waals surface area (Å²) in [6.45, 7) is 3.49. The van der Waals surface area contributed by atoms with Crippen LogP contribution in [0.1, 0.15) is 62.4 Å². The maximum atomic E-state index is 13.5. The van der Waals surface area contributed by atoms with Gasteiger partial charge in [0.2, 0.25) is 5.91 Å². The van der Waals surface area contributed by atoms with Crippen LogP contribution in [0.25, 0.3) is 10.2 Å². The zero-order valence-electron chi connectivity index (χ0n) is 17.4. The Morgan fingerprint density at radius 1 is 1.31 bits per heavy atom. The van der Waals surface area contributed by atoms with Gasteiger partial charge < -0.3 is 19.5 Å². The molecular formula is C22H31N3O3S. The van der Waals surface area contributed by atoms with Crippen molar-refractivity contribution in [2.24, 2.45) is 0 Å². The molecule has 1 aliphatic heterocycles. The number of nitrogens with zero attached hydrogens (tertiary/aromatic N) is 2. The number of nitrogens with one attached hydrogen (secondary N) is 1. The number of thiophene rings is 1. The molecule has 1 atom stereocenters. The van der Waals surface area contributed by atoms with Gasteiger partial charge in [-0.15, -0.1) is 11.3 Å². The molecule has 6 nitrogen and oxygen atoms in total. The van der Waals surface area contributed by atoms with Crippen molar-refractivity contribution in [1.29, 1.82) is 0 Å². The number of hydrogen-bond acceptors (Lipinski definition) is 4. The first kappa shape index (κ1) is 20.4. The average Bonchev–Trinajstić information content (AvgIpc) is 3.19. The number of methoxy groups -OCH3 is 1. The molecular weight excluding hydrogens is 386 g/mol. The van der Waals surface area contributed by atoms with Crippen LogP contribution in [0, 0.1) is 0 Å². The molecule has 29 heavy (non-hydrogen) atoms. The summed E-state index contributed by atoms with van der Waals surface area (Å²) >= 11 is 1.63. The Morgan fingerprint density at radius 2 is 2.07 bits per heavy atom. The van der Waals surface area contributed by atoms with E-state index in [1.165, 1.54) is 12.8 Å². The van der Waals surface area contributed by atoms with Gasteiger partial charge in [-0.3, -0.25) is 9.59 Å². The molecule has 2 aromatic rings. The molecule has 1 fully saturated rings. The Balaban J connectivity index is 1.64. The minimum absolute atomic E-state index is 0.0297. The molecule has 3 heterocycles. The SMILES string of the molecule is COCCCN1C(=O)c2cc3sccc3n2CC1(C)C(=O)NC1CCCCCC1. The van der Waals surface area contributed by atoms with Gasteiger partial charge in [0.1, 0.15) is 11.2 Å². The van der Waals surface area contributed by atoms with Crippen molar-refractivity contribution >= 4 is 33.4 Å². The summed E-state index contributed by atoms with van der Waals surface area (Å²) in [6, 6.07) is 4.22. The number of carbonyl (C=O) groups is 2. The molecule has 0 aromatic carbocycles. The lowest BCUT2D eigenvalue weighted by molar-refractivity contribution is -0.133. The standard InChI is InChI=1S/C22H31N3O3S/c1-22(21(27)23-16-8-5-3-4-6-9-16)15-24-17-10-13-29-19(17)14-18(24)20(26)25(22)11-7-12-28-2/h10,13-14,16H,3-9,11-12,15H2,1-2H3,(H,23,27). The summed E-state index contributed by atoms with van der Waals surface area (Å²) in [5.41, 5.74) is 0.824. The van der Waals surface area contributed by atoms with E-state index in [2.05, 4.69) is 5.32 Å². The fourth-order valence-electron chi connectivity index (χ4n) is 4.75.